The van der Waals surface area contributed by atoms with E-state index in [9.17, 15) is 0 Å². The van der Waals surface area contributed by atoms with E-state index < -0.39 is 0 Å². The Kier molecular flexibility index (Phi) is 2.44. The third kappa shape index (κ3) is 1.74. The molecule has 72 valence electrons. The van der Waals surface area contributed by atoms with E-state index in [1.165, 1.54) is 0 Å². The van der Waals surface area contributed by atoms with Crippen LogP contribution in [-0.4, -0.2) is 21.5 Å². The molecule has 0 aliphatic rings. The molecule has 0 saturated heterocycles. The van der Waals surface area contributed by atoms with E-state index in [2.05, 4.69) is 22.6 Å². The molecule has 0 radical (unpaired) electrons. The molecule has 0 aliphatic heterocycles. The number of benzene rings is 1. The van der Waals surface area contributed by atoms with Crippen molar-refractivity contribution >= 4 is 5.69 Å². The maximum absolute atomic E-state index is 3.93. The first-order valence-electron chi connectivity index (χ1n) is 4.61. The number of hydrogen-bond acceptors (Lipinski definition) is 3. The molecule has 2 rings (SSSR count). The maximum Gasteiger partial charge on any atom is 0.0697 e. The first-order valence-corrected chi connectivity index (χ1v) is 4.61. The zero-order valence-corrected chi connectivity index (χ0v) is 8.01. The number of nitrogens with one attached hydrogen (secondary N) is 1. The molecule has 14 heavy (non-hydrogen) atoms. The summed E-state index contributed by atoms with van der Waals surface area (Å²) in [6.07, 6.45) is 3.49. The van der Waals surface area contributed by atoms with Gasteiger partial charge in [-0.1, -0.05) is 11.3 Å². The fourth-order valence-corrected chi connectivity index (χ4v) is 1.31. The van der Waals surface area contributed by atoms with Crippen LogP contribution in [0, 0.1) is 0 Å². The van der Waals surface area contributed by atoms with E-state index in [1.807, 2.05) is 30.5 Å². The van der Waals surface area contributed by atoms with Gasteiger partial charge in [0.15, 0.2) is 0 Å². The molecule has 0 saturated carbocycles. The van der Waals surface area contributed by atoms with Crippen molar-refractivity contribution in [2.75, 3.05) is 11.9 Å². The molecule has 0 atom stereocenters. The molecule has 1 N–H and O–H groups in total. The van der Waals surface area contributed by atoms with Gasteiger partial charge in [-0.2, -0.15) is 0 Å². The molecule has 1 aromatic carbocycles. The number of anilines is 1. The van der Waals surface area contributed by atoms with Crippen LogP contribution in [0.25, 0.3) is 5.69 Å². The van der Waals surface area contributed by atoms with Gasteiger partial charge in [0.1, 0.15) is 0 Å². The molecule has 0 aliphatic carbocycles. The van der Waals surface area contributed by atoms with E-state index in [1.54, 1.807) is 10.9 Å². The second kappa shape index (κ2) is 3.91. The topological polar surface area (TPSA) is 42.7 Å². The van der Waals surface area contributed by atoms with Gasteiger partial charge in [-0.15, -0.1) is 5.10 Å². The summed E-state index contributed by atoms with van der Waals surface area (Å²) in [5.74, 6) is 0. The van der Waals surface area contributed by atoms with Crippen LogP contribution in [0.15, 0.2) is 36.7 Å². The highest BCUT2D eigenvalue weighted by molar-refractivity contribution is 5.50. The van der Waals surface area contributed by atoms with Gasteiger partial charge < -0.3 is 5.32 Å². The van der Waals surface area contributed by atoms with Crippen molar-refractivity contribution in [1.29, 1.82) is 0 Å². The molecular weight excluding hydrogens is 176 g/mol. The minimum atomic E-state index is 0.917. The van der Waals surface area contributed by atoms with Crippen LogP contribution in [0.2, 0.25) is 0 Å². The summed E-state index contributed by atoms with van der Waals surface area (Å²) in [6, 6.07) is 8.06. The third-order valence-electron chi connectivity index (χ3n) is 1.91. The minimum Gasteiger partial charge on any atom is -0.385 e. The molecule has 1 heterocycles. The molecule has 4 nitrogen and oxygen atoms in total. The van der Waals surface area contributed by atoms with Crippen molar-refractivity contribution in [2.24, 2.45) is 0 Å². The van der Waals surface area contributed by atoms with Crippen LogP contribution in [0.1, 0.15) is 6.92 Å². The first kappa shape index (κ1) is 8.74. The van der Waals surface area contributed by atoms with Crippen molar-refractivity contribution in [2.45, 2.75) is 6.92 Å². The summed E-state index contributed by atoms with van der Waals surface area (Å²) < 4.78 is 1.74. The van der Waals surface area contributed by atoms with Crippen LogP contribution < -0.4 is 5.32 Å². The highest BCUT2D eigenvalue weighted by Crippen LogP contribution is 2.12. The van der Waals surface area contributed by atoms with E-state index >= 15 is 0 Å². The van der Waals surface area contributed by atoms with Gasteiger partial charge in [0.25, 0.3) is 0 Å². The Morgan fingerprint density at radius 2 is 2.36 bits per heavy atom. The Morgan fingerprint density at radius 3 is 3.07 bits per heavy atom. The van der Waals surface area contributed by atoms with Gasteiger partial charge in [-0.05, 0) is 25.1 Å². The monoisotopic (exact) mass is 188 g/mol. The average Bonchev–Trinajstić information content (AvgIpc) is 2.71. The zero-order chi connectivity index (χ0) is 9.80. The summed E-state index contributed by atoms with van der Waals surface area (Å²) >= 11 is 0. The normalized spacial score (nSPS) is 10.1. The van der Waals surface area contributed by atoms with Gasteiger partial charge in [0.2, 0.25) is 0 Å². The van der Waals surface area contributed by atoms with Gasteiger partial charge in [-0.3, -0.25) is 0 Å². The molecule has 4 heteroatoms. The smallest absolute Gasteiger partial charge is 0.0697 e. The second-order valence-corrected chi connectivity index (χ2v) is 2.93. The minimum absolute atomic E-state index is 0.917. The molecule has 0 unspecified atom stereocenters. The number of aromatic nitrogens is 3. The maximum atomic E-state index is 3.93. The fourth-order valence-electron chi connectivity index (χ4n) is 1.31. The summed E-state index contributed by atoms with van der Waals surface area (Å²) in [5.41, 5.74) is 2.11. The highest BCUT2D eigenvalue weighted by Gasteiger charge is 1.97. The largest absolute Gasteiger partial charge is 0.385 e. The van der Waals surface area contributed by atoms with Crippen LogP contribution in [0.5, 0.6) is 0 Å². The summed E-state index contributed by atoms with van der Waals surface area (Å²) in [4.78, 5) is 0. The lowest BCUT2D eigenvalue weighted by atomic mass is 10.3. The zero-order valence-electron chi connectivity index (χ0n) is 8.01. The third-order valence-corrected chi connectivity index (χ3v) is 1.91. The standard InChI is InChI=1S/C10H12N4/c1-2-11-9-4-3-5-10(8-9)14-7-6-12-13-14/h3-8,11H,2H2,1H3. The lowest BCUT2D eigenvalue weighted by Crippen LogP contribution is -1.99. The summed E-state index contributed by atoms with van der Waals surface area (Å²) in [5, 5.41) is 10.9. The molecule has 2 aromatic rings. The Labute approximate surface area is 82.6 Å². The van der Waals surface area contributed by atoms with Crippen molar-refractivity contribution in [3.63, 3.8) is 0 Å². The van der Waals surface area contributed by atoms with Crippen molar-refractivity contribution in [3.8, 4) is 5.69 Å². The predicted molar refractivity (Wildman–Crippen MR) is 55.5 cm³/mol. The average molecular weight is 188 g/mol. The highest BCUT2D eigenvalue weighted by atomic mass is 15.4. The molecule has 0 bridgehead atoms. The van der Waals surface area contributed by atoms with Crippen LogP contribution in [-0.2, 0) is 0 Å². The number of hydrogen-bond donors (Lipinski definition) is 1. The summed E-state index contributed by atoms with van der Waals surface area (Å²) in [7, 11) is 0. The molecule has 0 spiro atoms. The van der Waals surface area contributed by atoms with Gasteiger partial charge in [-0.25, -0.2) is 4.68 Å². The molecule has 0 fully saturated rings. The van der Waals surface area contributed by atoms with Crippen LogP contribution >= 0.6 is 0 Å². The van der Waals surface area contributed by atoms with Crippen molar-refractivity contribution < 1.29 is 0 Å². The lowest BCUT2D eigenvalue weighted by molar-refractivity contribution is 0.803. The Morgan fingerprint density at radius 1 is 1.43 bits per heavy atom. The van der Waals surface area contributed by atoms with E-state index in [-0.39, 0.29) is 0 Å². The fraction of sp³-hybridized carbons (Fsp3) is 0.200. The van der Waals surface area contributed by atoms with Gasteiger partial charge in [0, 0.05) is 12.2 Å². The Bertz CT molecular complexity index is 394. The predicted octanol–water partition coefficient (Wildman–Crippen LogP) is 1.70. The molecular formula is C10H12N4. The second-order valence-electron chi connectivity index (χ2n) is 2.93. The first-order chi connectivity index (χ1) is 6.90. The van der Waals surface area contributed by atoms with Crippen molar-refractivity contribution in [1.82, 2.24) is 15.0 Å². The summed E-state index contributed by atoms with van der Waals surface area (Å²) in [6.45, 7) is 2.99. The van der Waals surface area contributed by atoms with Crippen LogP contribution in [0.4, 0.5) is 5.69 Å². The van der Waals surface area contributed by atoms with Gasteiger partial charge >= 0.3 is 0 Å². The Balaban J connectivity index is 2.31. The number of nitrogens with zero attached hydrogens (tertiary/aromatic N) is 3. The molecule has 1 aromatic heterocycles. The van der Waals surface area contributed by atoms with Gasteiger partial charge in [0.05, 0.1) is 18.1 Å². The quantitative estimate of drug-likeness (QED) is 0.797. The Hall–Kier alpha value is -1.84. The van der Waals surface area contributed by atoms with E-state index in [0.29, 0.717) is 0 Å². The lowest BCUT2D eigenvalue weighted by Gasteiger charge is -2.05. The SMILES string of the molecule is CCNc1cccc(-n2ccnn2)c1. The van der Waals surface area contributed by atoms with Crippen LogP contribution in [0.3, 0.4) is 0 Å². The van der Waals surface area contributed by atoms with Crippen molar-refractivity contribution in [3.05, 3.63) is 36.7 Å². The van der Waals surface area contributed by atoms with E-state index in [4.69, 9.17) is 0 Å². The molecule has 0 amide bonds. The number of rotatable bonds is 3. The van der Waals surface area contributed by atoms with E-state index in [0.717, 1.165) is 17.9 Å².